The Hall–Kier alpha value is -2.19. The monoisotopic (exact) mass is 279 g/mol. The van der Waals surface area contributed by atoms with Crippen molar-refractivity contribution in [2.24, 2.45) is 14.1 Å². The zero-order chi connectivity index (χ0) is 13.7. The summed E-state index contributed by atoms with van der Waals surface area (Å²) in [4.78, 5) is 9.97. The van der Waals surface area contributed by atoms with Crippen molar-refractivity contribution in [1.82, 2.24) is 4.57 Å². The Bertz CT molecular complexity index is 648. The number of nitro benzene ring substituents is 1. The topological polar surface area (TPSA) is 52.0 Å². The van der Waals surface area contributed by atoms with E-state index in [2.05, 4.69) is 0 Å². The molecule has 0 aliphatic heterocycles. The molecule has 1 aromatic carbocycles. The average molecular weight is 279 g/mol. The highest BCUT2D eigenvalue weighted by molar-refractivity contribution is 5.75. The van der Waals surface area contributed by atoms with E-state index in [4.69, 9.17) is 0 Å². The lowest BCUT2D eigenvalue weighted by Crippen LogP contribution is -3.00. The van der Waals surface area contributed by atoms with Crippen molar-refractivity contribution in [1.29, 1.82) is 0 Å². The Morgan fingerprint density at radius 2 is 1.95 bits per heavy atom. The molecule has 2 rings (SSSR count). The van der Waals surface area contributed by atoms with Crippen LogP contribution < -0.4 is 9.27 Å². The van der Waals surface area contributed by atoms with E-state index in [1.165, 1.54) is 26.2 Å². The molecule has 0 aliphatic carbocycles. The molecule has 0 spiro atoms. The second-order valence-electron chi connectivity index (χ2n) is 3.87. The first-order chi connectivity index (χ1) is 8.23. The molecule has 0 N–H and O–H groups in total. The number of alkyl halides is 3. The van der Waals surface area contributed by atoms with Gasteiger partial charge in [-0.15, -0.1) is 0 Å². The number of nitrogens with zero attached hydrogens (tertiary/aromatic N) is 3. The summed E-state index contributed by atoms with van der Waals surface area (Å²) in [5.74, 6) is -0.863. The van der Waals surface area contributed by atoms with E-state index >= 15 is 0 Å². The van der Waals surface area contributed by atoms with Gasteiger partial charge in [0.2, 0.25) is 0 Å². The van der Waals surface area contributed by atoms with Gasteiger partial charge in [0.05, 0.1) is 25.1 Å². The summed E-state index contributed by atoms with van der Waals surface area (Å²) in [5, 5.41) is 10.6. The summed E-state index contributed by atoms with van der Waals surface area (Å²) in [7, 11) is 2.51. The lowest BCUT2D eigenvalue weighted by atomic mass is 10.3. The maximum atomic E-state index is 12.8. The van der Waals surface area contributed by atoms with Crippen LogP contribution in [0.25, 0.3) is 11.0 Å². The molecule has 0 bridgehead atoms. The molecule has 1 aromatic heterocycles. The molecule has 0 aliphatic rings. The smallest absolute Gasteiger partial charge is 0.495 e. The molecule has 9 heteroatoms. The van der Waals surface area contributed by atoms with Gasteiger partial charge in [-0.1, -0.05) is 0 Å². The van der Waals surface area contributed by atoms with Crippen LogP contribution in [0.3, 0.4) is 0 Å². The summed E-state index contributed by atoms with van der Waals surface area (Å²) < 4.78 is 40.4. The number of halogens is 4. The summed E-state index contributed by atoms with van der Waals surface area (Å²) in [6.07, 6.45) is -4.52. The van der Waals surface area contributed by atoms with Crippen molar-refractivity contribution >= 4 is 16.7 Å². The molecule has 0 atom stereocenters. The Morgan fingerprint density at radius 3 is 2.42 bits per heavy atom. The number of non-ortho nitro benzene ring substituents is 1. The fourth-order valence-electron chi connectivity index (χ4n) is 2.01. The maximum Gasteiger partial charge on any atom is 0.495 e. The number of fused-ring (bicyclic) bond motifs is 1. The predicted molar refractivity (Wildman–Crippen MR) is 55.8 cm³/mol. The van der Waals surface area contributed by atoms with Crippen LogP contribution in [0.15, 0.2) is 18.2 Å². The van der Waals surface area contributed by atoms with E-state index in [1.807, 2.05) is 0 Å². The van der Waals surface area contributed by atoms with Crippen molar-refractivity contribution in [3.8, 4) is 0 Å². The van der Waals surface area contributed by atoms with Crippen molar-refractivity contribution in [3.63, 3.8) is 0 Å². The molecule has 0 radical (unpaired) electrons. The number of aryl methyl sites for hydroxylation is 2. The van der Waals surface area contributed by atoms with E-state index in [0.29, 0.717) is 0 Å². The van der Waals surface area contributed by atoms with Crippen LogP contribution in [0.2, 0.25) is 0 Å². The molecule has 104 valence electrons. The molecule has 0 amide bonds. The minimum absolute atomic E-state index is 0. The SMILES string of the molecule is Cn1c(C(F)(F)F)[n+](C)c2ccc([N+](=O)[O-])cc21.[F-]. The Kier molecular flexibility index (Phi) is 3.51. The summed E-state index contributed by atoms with van der Waals surface area (Å²) in [5.41, 5.74) is 0.215. The predicted octanol–water partition coefficient (Wildman–Crippen LogP) is -1.07. The van der Waals surface area contributed by atoms with E-state index in [9.17, 15) is 23.3 Å². The number of rotatable bonds is 1. The summed E-state index contributed by atoms with van der Waals surface area (Å²) in [6.45, 7) is 0. The fourth-order valence-corrected chi connectivity index (χ4v) is 2.01. The first-order valence-corrected chi connectivity index (χ1v) is 4.93. The Morgan fingerprint density at radius 1 is 1.37 bits per heavy atom. The third-order valence-electron chi connectivity index (χ3n) is 2.78. The molecule has 0 unspecified atom stereocenters. The number of hydrogen-bond acceptors (Lipinski definition) is 2. The van der Waals surface area contributed by atoms with Crippen molar-refractivity contribution in [3.05, 3.63) is 34.1 Å². The molecule has 0 fully saturated rings. The normalized spacial score (nSPS) is 11.4. The number of aromatic nitrogens is 2. The number of hydrogen-bond donors (Lipinski definition) is 0. The van der Waals surface area contributed by atoms with Gasteiger partial charge >= 0.3 is 12.0 Å². The van der Waals surface area contributed by atoms with Crippen LogP contribution in [0, 0.1) is 10.1 Å². The zero-order valence-corrected chi connectivity index (χ0v) is 9.90. The minimum Gasteiger partial charge on any atom is -1.00 e. The van der Waals surface area contributed by atoms with Gasteiger partial charge < -0.3 is 4.70 Å². The first-order valence-electron chi connectivity index (χ1n) is 4.93. The highest BCUT2D eigenvalue weighted by Crippen LogP contribution is 2.30. The van der Waals surface area contributed by atoms with E-state index < -0.39 is 16.9 Å². The van der Waals surface area contributed by atoms with Gasteiger partial charge in [-0.25, -0.2) is 9.13 Å². The summed E-state index contributed by atoms with van der Waals surface area (Å²) >= 11 is 0. The van der Waals surface area contributed by atoms with Crippen LogP contribution >= 0.6 is 0 Å². The molecule has 0 saturated carbocycles. The fraction of sp³-hybridized carbons (Fsp3) is 0.300. The number of benzene rings is 1. The highest BCUT2D eigenvalue weighted by Gasteiger charge is 2.45. The van der Waals surface area contributed by atoms with Gasteiger partial charge in [-0.2, -0.15) is 13.2 Å². The molecule has 5 nitrogen and oxygen atoms in total. The largest absolute Gasteiger partial charge is 1.00 e. The molecule has 19 heavy (non-hydrogen) atoms. The number of nitro groups is 1. The third-order valence-corrected chi connectivity index (χ3v) is 2.78. The Labute approximate surface area is 104 Å². The van der Waals surface area contributed by atoms with Gasteiger partial charge in [0.25, 0.3) is 5.69 Å². The highest BCUT2D eigenvalue weighted by atomic mass is 19.4. The molecular formula is C10H9F4N3O2. The molecular weight excluding hydrogens is 270 g/mol. The van der Waals surface area contributed by atoms with Crippen molar-refractivity contribution in [2.45, 2.75) is 6.18 Å². The molecule has 1 heterocycles. The Balaban J connectivity index is 0.00000180. The maximum absolute atomic E-state index is 12.8. The van der Waals surface area contributed by atoms with E-state index in [0.717, 1.165) is 15.2 Å². The van der Waals surface area contributed by atoms with Crippen LogP contribution in [0.5, 0.6) is 0 Å². The quantitative estimate of drug-likeness (QED) is 0.289. The lowest BCUT2D eigenvalue weighted by molar-refractivity contribution is -0.667. The second kappa shape index (κ2) is 4.48. The molecule has 2 aromatic rings. The van der Waals surface area contributed by atoms with Crippen LogP contribution in [-0.2, 0) is 20.3 Å². The van der Waals surface area contributed by atoms with Gasteiger partial charge in [-0.05, 0) is 6.07 Å². The van der Waals surface area contributed by atoms with Gasteiger partial charge in [0.1, 0.15) is 0 Å². The third kappa shape index (κ3) is 2.23. The zero-order valence-electron chi connectivity index (χ0n) is 9.90. The van der Waals surface area contributed by atoms with Crippen LogP contribution in [-0.4, -0.2) is 9.49 Å². The van der Waals surface area contributed by atoms with Crippen molar-refractivity contribution < 1.29 is 27.4 Å². The van der Waals surface area contributed by atoms with Gasteiger partial charge in [0, 0.05) is 6.07 Å². The first kappa shape index (κ1) is 14.9. The van der Waals surface area contributed by atoms with Gasteiger partial charge in [0.15, 0.2) is 11.0 Å². The second-order valence-corrected chi connectivity index (χ2v) is 3.87. The van der Waals surface area contributed by atoms with Gasteiger partial charge in [-0.3, -0.25) is 10.1 Å². The van der Waals surface area contributed by atoms with Crippen molar-refractivity contribution in [2.75, 3.05) is 0 Å². The summed E-state index contributed by atoms with van der Waals surface area (Å²) in [6, 6.07) is 3.62. The molecule has 0 saturated heterocycles. The standard InChI is InChI=1S/C10H9F3N3O2.FH/c1-14-7-4-3-6(16(17)18)5-8(7)15(2)9(14)10(11,12)13;/h3-5H,1-2H3;1H/q+1;/p-1. The van der Waals surface area contributed by atoms with E-state index in [-0.39, 0.29) is 21.4 Å². The minimum atomic E-state index is -4.52. The lowest BCUT2D eigenvalue weighted by Gasteiger charge is -2.01. The average Bonchev–Trinajstić information content (AvgIpc) is 2.50. The van der Waals surface area contributed by atoms with Crippen LogP contribution in [0.4, 0.5) is 18.9 Å². The van der Waals surface area contributed by atoms with E-state index in [1.54, 1.807) is 0 Å². The number of imidazole rings is 1. The van der Waals surface area contributed by atoms with Crippen LogP contribution in [0.1, 0.15) is 5.82 Å².